The van der Waals surface area contributed by atoms with E-state index in [2.05, 4.69) is 4.74 Å². The van der Waals surface area contributed by atoms with Gasteiger partial charge in [-0.3, -0.25) is 19.2 Å². The van der Waals surface area contributed by atoms with Crippen LogP contribution in [0.4, 0.5) is 8.78 Å². The van der Waals surface area contributed by atoms with Gasteiger partial charge >= 0.3 is 23.9 Å². The average molecular weight is 352 g/mol. The van der Waals surface area contributed by atoms with Gasteiger partial charge in [0.1, 0.15) is 6.10 Å². The highest BCUT2D eigenvalue weighted by Gasteiger charge is 2.61. The van der Waals surface area contributed by atoms with Crippen LogP contribution in [0, 0.1) is 0 Å². The first-order valence-electron chi connectivity index (χ1n) is 7.00. The fourth-order valence-corrected chi connectivity index (χ4v) is 2.43. The van der Waals surface area contributed by atoms with Crippen molar-refractivity contribution in [1.29, 1.82) is 0 Å². The van der Waals surface area contributed by atoms with Gasteiger partial charge in [0, 0.05) is 27.7 Å². The Morgan fingerprint density at radius 3 is 1.58 bits per heavy atom. The van der Waals surface area contributed by atoms with Crippen LogP contribution in [0.2, 0.25) is 0 Å². The molecule has 0 N–H and O–H groups in total. The van der Waals surface area contributed by atoms with Gasteiger partial charge < -0.3 is 18.9 Å². The minimum Gasteiger partial charge on any atom is -0.458 e. The minimum atomic E-state index is -3.68. The van der Waals surface area contributed by atoms with Gasteiger partial charge in [0.15, 0.2) is 12.2 Å². The molecular formula is C14H18F2O8. The van der Waals surface area contributed by atoms with Crippen molar-refractivity contribution >= 4 is 23.9 Å². The summed E-state index contributed by atoms with van der Waals surface area (Å²) in [4.78, 5) is 44.8. The largest absolute Gasteiger partial charge is 0.458 e. The second kappa shape index (κ2) is 7.54. The third-order valence-electron chi connectivity index (χ3n) is 3.09. The van der Waals surface area contributed by atoms with Crippen molar-refractivity contribution in [2.45, 2.75) is 64.5 Å². The lowest BCUT2D eigenvalue weighted by Crippen LogP contribution is -2.63. The number of carbonyl (C=O) groups excluding carboxylic acids is 4. The topological polar surface area (TPSA) is 105 Å². The molecule has 0 saturated heterocycles. The van der Waals surface area contributed by atoms with Crippen molar-refractivity contribution in [3.63, 3.8) is 0 Å². The number of alkyl halides is 2. The zero-order valence-corrected chi connectivity index (χ0v) is 13.5. The van der Waals surface area contributed by atoms with Gasteiger partial charge in [-0.05, 0) is 0 Å². The van der Waals surface area contributed by atoms with E-state index < -0.39 is 60.6 Å². The van der Waals surface area contributed by atoms with E-state index in [1.807, 2.05) is 0 Å². The number of hydrogen-bond acceptors (Lipinski definition) is 8. The Morgan fingerprint density at radius 1 is 0.750 bits per heavy atom. The molecule has 8 nitrogen and oxygen atoms in total. The lowest BCUT2D eigenvalue weighted by Gasteiger charge is -2.43. The zero-order chi connectivity index (χ0) is 18.7. The molecule has 1 saturated carbocycles. The molecule has 0 heterocycles. The van der Waals surface area contributed by atoms with Gasteiger partial charge in [-0.1, -0.05) is 0 Å². The smallest absolute Gasteiger partial charge is 0.303 e. The summed E-state index contributed by atoms with van der Waals surface area (Å²) in [6.07, 6.45) is -8.20. The van der Waals surface area contributed by atoms with Crippen LogP contribution in [0.15, 0.2) is 0 Å². The van der Waals surface area contributed by atoms with Crippen molar-refractivity contribution < 1.29 is 46.9 Å². The Morgan fingerprint density at radius 2 is 1.17 bits per heavy atom. The molecule has 1 aliphatic rings. The van der Waals surface area contributed by atoms with Gasteiger partial charge in [0.05, 0.1) is 6.42 Å². The van der Waals surface area contributed by atoms with E-state index in [9.17, 15) is 28.0 Å². The molecule has 1 rings (SSSR count). The minimum absolute atomic E-state index is 0.874. The molecular weight excluding hydrogens is 334 g/mol. The molecule has 24 heavy (non-hydrogen) atoms. The number of rotatable bonds is 4. The molecule has 1 fully saturated rings. The highest BCUT2D eigenvalue weighted by atomic mass is 19.3. The molecule has 0 unspecified atom stereocenters. The average Bonchev–Trinajstić information content (AvgIpc) is 2.36. The molecule has 10 heteroatoms. The van der Waals surface area contributed by atoms with Crippen LogP contribution in [0.1, 0.15) is 34.1 Å². The molecule has 4 atom stereocenters. The Kier molecular flexibility index (Phi) is 6.22. The summed E-state index contributed by atoms with van der Waals surface area (Å²) in [5.74, 6) is -7.44. The first-order valence-corrected chi connectivity index (χ1v) is 7.00. The van der Waals surface area contributed by atoms with Crippen LogP contribution in [0.5, 0.6) is 0 Å². The normalized spacial score (nSPS) is 28.4. The summed E-state index contributed by atoms with van der Waals surface area (Å²) in [6.45, 7) is 3.84. The first kappa shape index (κ1) is 19.8. The standard InChI is InChI=1S/C14H18F2O8/c1-6(17)21-10-5-14(15,16)13(24-9(4)20)12(23-8(3)19)11(10)22-7(2)18/h10-13H,5H2,1-4H3/t10-,11-,12-,13+/m1/s1. The maximum atomic E-state index is 14.3. The van der Waals surface area contributed by atoms with E-state index in [1.54, 1.807) is 0 Å². The Hall–Kier alpha value is -2.26. The fraction of sp³-hybridized carbons (Fsp3) is 0.714. The Bertz CT molecular complexity index is 533. The Balaban J connectivity index is 3.29. The van der Waals surface area contributed by atoms with Gasteiger partial charge in [-0.2, -0.15) is 0 Å². The van der Waals surface area contributed by atoms with E-state index in [1.165, 1.54) is 0 Å². The number of esters is 4. The molecule has 0 aliphatic heterocycles. The van der Waals surface area contributed by atoms with Gasteiger partial charge in [-0.25, -0.2) is 8.78 Å². The molecule has 0 aromatic heterocycles. The first-order chi connectivity index (χ1) is 10.9. The number of halogens is 2. The summed E-state index contributed by atoms with van der Waals surface area (Å²) in [5.41, 5.74) is 0. The van der Waals surface area contributed by atoms with E-state index in [0.29, 0.717) is 0 Å². The molecule has 0 radical (unpaired) electrons. The predicted octanol–water partition coefficient (Wildman–Crippen LogP) is 0.752. The van der Waals surface area contributed by atoms with Gasteiger partial charge in [0.2, 0.25) is 6.10 Å². The lowest BCUT2D eigenvalue weighted by molar-refractivity contribution is -0.259. The molecule has 0 spiro atoms. The summed E-state index contributed by atoms with van der Waals surface area (Å²) < 4.78 is 47.8. The SMILES string of the molecule is CC(=O)O[C@@H]1[C@H](OC(C)=O)[C@H](OC(C)=O)CC(F)(F)[C@H]1OC(C)=O. The highest BCUT2D eigenvalue weighted by molar-refractivity contribution is 5.69. The quantitative estimate of drug-likeness (QED) is 0.539. The van der Waals surface area contributed by atoms with Crippen molar-refractivity contribution in [2.24, 2.45) is 0 Å². The second-order valence-electron chi connectivity index (χ2n) is 5.29. The monoisotopic (exact) mass is 352 g/mol. The molecule has 1 aliphatic carbocycles. The zero-order valence-electron chi connectivity index (χ0n) is 13.5. The number of hydrogen-bond donors (Lipinski definition) is 0. The third kappa shape index (κ3) is 5.14. The van der Waals surface area contributed by atoms with E-state index in [-0.39, 0.29) is 0 Å². The van der Waals surface area contributed by atoms with Gasteiger partial charge in [-0.15, -0.1) is 0 Å². The van der Waals surface area contributed by atoms with Crippen molar-refractivity contribution in [1.82, 2.24) is 0 Å². The van der Waals surface area contributed by atoms with E-state index in [4.69, 9.17) is 14.2 Å². The molecule has 0 amide bonds. The van der Waals surface area contributed by atoms with E-state index in [0.717, 1.165) is 27.7 Å². The van der Waals surface area contributed by atoms with Crippen molar-refractivity contribution in [3.05, 3.63) is 0 Å². The molecule has 136 valence electrons. The maximum absolute atomic E-state index is 14.3. The fourth-order valence-electron chi connectivity index (χ4n) is 2.43. The van der Waals surface area contributed by atoms with Crippen LogP contribution in [-0.2, 0) is 38.1 Å². The summed E-state index contributed by atoms with van der Waals surface area (Å²) in [6, 6.07) is 0. The van der Waals surface area contributed by atoms with Crippen LogP contribution in [0.3, 0.4) is 0 Å². The lowest BCUT2D eigenvalue weighted by atomic mass is 9.85. The van der Waals surface area contributed by atoms with Crippen LogP contribution < -0.4 is 0 Å². The van der Waals surface area contributed by atoms with Crippen LogP contribution in [0.25, 0.3) is 0 Å². The van der Waals surface area contributed by atoms with Gasteiger partial charge in [0.25, 0.3) is 5.92 Å². The Labute approximate surface area is 136 Å². The summed E-state index contributed by atoms with van der Waals surface area (Å²) in [7, 11) is 0. The van der Waals surface area contributed by atoms with Crippen molar-refractivity contribution in [2.75, 3.05) is 0 Å². The third-order valence-corrected chi connectivity index (χ3v) is 3.09. The maximum Gasteiger partial charge on any atom is 0.303 e. The number of ether oxygens (including phenoxy) is 4. The summed E-state index contributed by atoms with van der Waals surface area (Å²) in [5, 5.41) is 0. The van der Waals surface area contributed by atoms with Crippen molar-refractivity contribution in [3.8, 4) is 0 Å². The molecule has 0 bridgehead atoms. The van der Waals surface area contributed by atoms with Crippen LogP contribution >= 0.6 is 0 Å². The number of carbonyl (C=O) groups is 4. The molecule has 0 aromatic rings. The van der Waals surface area contributed by atoms with E-state index >= 15 is 0 Å². The highest BCUT2D eigenvalue weighted by Crippen LogP contribution is 2.40. The molecule has 0 aromatic carbocycles. The predicted molar refractivity (Wildman–Crippen MR) is 71.8 cm³/mol. The second-order valence-corrected chi connectivity index (χ2v) is 5.29. The summed E-state index contributed by atoms with van der Waals surface area (Å²) >= 11 is 0. The van der Waals surface area contributed by atoms with Crippen LogP contribution in [-0.4, -0.2) is 54.2 Å².